The van der Waals surface area contributed by atoms with Crippen LogP contribution in [0.25, 0.3) is 0 Å². The summed E-state index contributed by atoms with van der Waals surface area (Å²) in [6.07, 6.45) is 1.50. The Hall–Kier alpha value is -2.73. The fourth-order valence-corrected chi connectivity index (χ4v) is 3.59. The zero-order valence-electron chi connectivity index (χ0n) is 17.0. The predicted octanol–water partition coefficient (Wildman–Crippen LogP) is 3.55. The summed E-state index contributed by atoms with van der Waals surface area (Å²) in [6, 6.07) is 12.4. The summed E-state index contributed by atoms with van der Waals surface area (Å²) >= 11 is 0. The van der Waals surface area contributed by atoms with E-state index in [2.05, 4.69) is 15.5 Å². The second kappa shape index (κ2) is 9.65. The van der Waals surface area contributed by atoms with Crippen molar-refractivity contribution in [2.24, 2.45) is 0 Å². The highest BCUT2D eigenvalue weighted by Crippen LogP contribution is 2.18. The van der Waals surface area contributed by atoms with Gasteiger partial charge in [0, 0.05) is 31.4 Å². The molecular weight excluding hydrogens is 369 g/mol. The van der Waals surface area contributed by atoms with Crippen LogP contribution in [0.15, 0.2) is 42.5 Å². The van der Waals surface area contributed by atoms with E-state index >= 15 is 0 Å². The third kappa shape index (κ3) is 6.12. The molecule has 3 rings (SSSR count). The fraction of sp³-hybridized carbons (Fsp3) is 0.391. The number of amides is 2. The minimum atomic E-state index is -0.301. The zero-order valence-corrected chi connectivity index (χ0v) is 17.0. The Labute approximate surface area is 171 Å². The van der Waals surface area contributed by atoms with Crippen LogP contribution in [-0.4, -0.2) is 35.8 Å². The van der Waals surface area contributed by atoms with E-state index < -0.39 is 0 Å². The summed E-state index contributed by atoms with van der Waals surface area (Å²) in [4.78, 5) is 26.7. The number of hydrogen-bond donors (Lipinski definition) is 2. The number of piperidine rings is 1. The van der Waals surface area contributed by atoms with E-state index in [1.165, 1.54) is 12.1 Å². The van der Waals surface area contributed by atoms with Crippen LogP contribution >= 0.6 is 0 Å². The Morgan fingerprint density at radius 2 is 1.72 bits per heavy atom. The van der Waals surface area contributed by atoms with Crippen molar-refractivity contribution >= 4 is 17.5 Å². The minimum Gasteiger partial charge on any atom is -0.353 e. The first-order chi connectivity index (χ1) is 13.9. The van der Waals surface area contributed by atoms with Gasteiger partial charge in [0.15, 0.2) is 0 Å². The summed E-state index contributed by atoms with van der Waals surface area (Å²) < 4.78 is 13.0. The van der Waals surface area contributed by atoms with E-state index in [1.807, 2.05) is 32.0 Å². The minimum absolute atomic E-state index is 0.0838. The maximum absolute atomic E-state index is 13.0. The molecule has 1 aliphatic rings. The van der Waals surface area contributed by atoms with Crippen LogP contribution in [0, 0.1) is 19.7 Å². The Morgan fingerprint density at radius 1 is 1.03 bits per heavy atom. The highest BCUT2D eigenvalue weighted by Gasteiger charge is 2.21. The molecule has 0 saturated carbocycles. The number of anilines is 1. The molecule has 154 valence electrons. The molecule has 0 atom stereocenters. The van der Waals surface area contributed by atoms with Gasteiger partial charge in [-0.05, 0) is 61.6 Å². The normalized spacial score (nSPS) is 15.1. The van der Waals surface area contributed by atoms with Crippen molar-refractivity contribution < 1.29 is 14.0 Å². The quantitative estimate of drug-likeness (QED) is 0.733. The number of aryl methyl sites for hydroxylation is 1. The highest BCUT2D eigenvalue weighted by atomic mass is 19.1. The van der Waals surface area contributed by atoms with Crippen molar-refractivity contribution in [3.05, 3.63) is 65.0 Å². The van der Waals surface area contributed by atoms with Gasteiger partial charge in [0.1, 0.15) is 12.2 Å². The third-order valence-corrected chi connectivity index (χ3v) is 5.47. The number of halogens is 1. The molecule has 1 heterocycles. The highest BCUT2D eigenvalue weighted by molar-refractivity contribution is 6.04. The largest absolute Gasteiger partial charge is 0.353 e. The first kappa shape index (κ1) is 21.0. The van der Waals surface area contributed by atoms with E-state index in [1.54, 1.807) is 12.1 Å². The van der Waals surface area contributed by atoms with Gasteiger partial charge in [-0.2, -0.15) is 0 Å². The monoisotopic (exact) mass is 397 g/mol. The second-order valence-electron chi connectivity index (χ2n) is 7.72. The van der Waals surface area contributed by atoms with E-state index in [0.29, 0.717) is 0 Å². The summed E-state index contributed by atoms with van der Waals surface area (Å²) in [5, 5.41) is 5.80. The summed E-state index contributed by atoms with van der Waals surface area (Å²) in [5.41, 5.74) is 3.93. The molecule has 0 bridgehead atoms. The average molecular weight is 397 g/mol. The second-order valence-corrected chi connectivity index (χ2v) is 7.72. The van der Waals surface area contributed by atoms with E-state index in [9.17, 15) is 14.0 Å². The fourth-order valence-electron chi connectivity index (χ4n) is 3.59. The van der Waals surface area contributed by atoms with Crippen LogP contribution in [0.1, 0.15) is 36.0 Å². The van der Waals surface area contributed by atoms with Crippen LogP contribution < -0.4 is 10.6 Å². The number of rotatable bonds is 6. The Morgan fingerprint density at radius 3 is 2.41 bits per heavy atom. The van der Waals surface area contributed by atoms with Crippen LogP contribution in [0.2, 0.25) is 0 Å². The van der Waals surface area contributed by atoms with Gasteiger partial charge in [-0.1, -0.05) is 24.3 Å². The van der Waals surface area contributed by atoms with Crippen molar-refractivity contribution in [3.8, 4) is 0 Å². The number of nitrogens with one attached hydrogen (secondary N) is 2. The lowest BCUT2D eigenvalue weighted by Crippen LogP contribution is -2.45. The molecule has 2 aromatic carbocycles. The SMILES string of the molecule is Cc1cccc(NC(=O)CC(=O)NC2CCN(Cc3ccc(F)cc3)CC2)c1C. The molecule has 0 radical (unpaired) electrons. The number of nitrogens with zero attached hydrogens (tertiary/aromatic N) is 1. The molecule has 5 nitrogen and oxygen atoms in total. The molecule has 1 aliphatic heterocycles. The summed E-state index contributed by atoms with van der Waals surface area (Å²) in [5.74, 6) is -0.772. The van der Waals surface area contributed by atoms with Gasteiger partial charge >= 0.3 is 0 Å². The third-order valence-electron chi connectivity index (χ3n) is 5.47. The molecule has 2 aromatic rings. The first-order valence-corrected chi connectivity index (χ1v) is 10.0. The number of likely N-dealkylation sites (tertiary alicyclic amines) is 1. The lowest BCUT2D eigenvalue weighted by molar-refractivity contribution is -0.127. The molecule has 1 fully saturated rings. The van der Waals surface area contributed by atoms with E-state index in [-0.39, 0.29) is 30.1 Å². The van der Waals surface area contributed by atoms with Crippen LogP contribution in [0.4, 0.5) is 10.1 Å². The van der Waals surface area contributed by atoms with Crippen LogP contribution in [0.5, 0.6) is 0 Å². The molecule has 0 aliphatic carbocycles. The van der Waals surface area contributed by atoms with Crippen molar-refractivity contribution in [1.29, 1.82) is 0 Å². The lowest BCUT2D eigenvalue weighted by atomic mass is 10.0. The number of carbonyl (C=O) groups excluding carboxylic acids is 2. The zero-order chi connectivity index (χ0) is 20.8. The molecule has 0 unspecified atom stereocenters. The van der Waals surface area contributed by atoms with Crippen molar-refractivity contribution in [2.75, 3.05) is 18.4 Å². The Kier molecular flexibility index (Phi) is 6.99. The topological polar surface area (TPSA) is 61.4 Å². The van der Waals surface area contributed by atoms with Crippen molar-refractivity contribution in [1.82, 2.24) is 10.2 Å². The van der Waals surface area contributed by atoms with Gasteiger partial charge in [0.05, 0.1) is 0 Å². The number of hydrogen-bond acceptors (Lipinski definition) is 3. The Bertz CT molecular complexity index is 859. The van der Waals surface area contributed by atoms with Crippen LogP contribution in [-0.2, 0) is 16.1 Å². The molecule has 2 N–H and O–H groups in total. The summed E-state index contributed by atoms with van der Waals surface area (Å²) in [7, 11) is 0. The lowest BCUT2D eigenvalue weighted by Gasteiger charge is -2.32. The van der Waals surface area contributed by atoms with Crippen LogP contribution in [0.3, 0.4) is 0 Å². The van der Waals surface area contributed by atoms with Gasteiger partial charge in [0.2, 0.25) is 11.8 Å². The molecule has 1 saturated heterocycles. The molecule has 2 amide bonds. The van der Waals surface area contributed by atoms with E-state index in [4.69, 9.17) is 0 Å². The van der Waals surface area contributed by atoms with Crippen molar-refractivity contribution in [3.63, 3.8) is 0 Å². The first-order valence-electron chi connectivity index (χ1n) is 10.0. The summed E-state index contributed by atoms with van der Waals surface area (Å²) in [6.45, 7) is 6.43. The number of benzene rings is 2. The molecule has 0 spiro atoms. The molecular formula is C23H28FN3O2. The smallest absolute Gasteiger partial charge is 0.233 e. The molecule has 6 heteroatoms. The van der Waals surface area contributed by atoms with Gasteiger partial charge in [0.25, 0.3) is 0 Å². The van der Waals surface area contributed by atoms with E-state index in [0.717, 1.165) is 54.9 Å². The Balaban J connectivity index is 1.40. The van der Waals surface area contributed by atoms with Gasteiger partial charge in [-0.3, -0.25) is 14.5 Å². The van der Waals surface area contributed by atoms with Gasteiger partial charge in [-0.25, -0.2) is 4.39 Å². The molecule has 0 aromatic heterocycles. The number of carbonyl (C=O) groups is 2. The van der Waals surface area contributed by atoms with Gasteiger partial charge < -0.3 is 10.6 Å². The predicted molar refractivity (Wildman–Crippen MR) is 112 cm³/mol. The maximum Gasteiger partial charge on any atom is 0.233 e. The van der Waals surface area contributed by atoms with Crippen molar-refractivity contribution in [2.45, 2.75) is 45.7 Å². The van der Waals surface area contributed by atoms with Gasteiger partial charge in [-0.15, -0.1) is 0 Å². The molecule has 29 heavy (non-hydrogen) atoms. The maximum atomic E-state index is 13.0. The average Bonchev–Trinajstić information content (AvgIpc) is 2.68. The standard InChI is InChI=1S/C23H28FN3O2/c1-16-4-3-5-21(17(16)2)26-23(29)14-22(28)25-20-10-12-27(13-11-20)15-18-6-8-19(24)9-7-18/h3-9,20H,10-15H2,1-2H3,(H,25,28)(H,26,29).